The number of carbonyl (C=O) groups excluding carboxylic acids is 1. The molecule has 1 atom stereocenters. The predicted octanol–water partition coefficient (Wildman–Crippen LogP) is 5.32. The molecule has 3 nitrogen and oxygen atoms in total. The molecule has 0 saturated carbocycles. The third kappa shape index (κ3) is 13.5. The van der Waals surface area contributed by atoms with Gasteiger partial charge in [0, 0.05) is 0 Å². The monoisotopic (exact) mass is 272 g/mol. The Morgan fingerprint density at radius 3 is 2.21 bits per heavy atom. The molecule has 19 heavy (non-hydrogen) atoms. The van der Waals surface area contributed by atoms with Crippen LogP contribution in [0.3, 0.4) is 0 Å². The van der Waals surface area contributed by atoms with Crippen LogP contribution < -0.4 is 0 Å². The lowest BCUT2D eigenvalue weighted by atomic mass is 9.99. The molecule has 0 spiro atoms. The third-order valence-corrected chi connectivity index (χ3v) is 2.88. The molecule has 0 aromatic carbocycles. The normalized spacial score (nSPS) is 13.1. The second-order valence-electron chi connectivity index (χ2n) is 6.58. The highest BCUT2D eigenvalue weighted by Crippen LogP contribution is 2.14. The van der Waals surface area contributed by atoms with E-state index in [1.807, 2.05) is 27.7 Å². The molecule has 0 aliphatic rings. The first-order valence-electron chi connectivity index (χ1n) is 7.68. The maximum Gasteiger partial charge on any atom is 0.508 e. The van der Waals surface area contributed by atoms with Gasteiger partial charge in [0.25, 0.3) is 0 Å². The summed E-state index contributed by atoms with van der Waals surface area (Å²) >= 11 is 0. The fraction of sp³-hybridized carbons (Fsp3) is 0.938. The van der Waals surface area contributed by atoms with Crippen LogP contribution in [0.15, 0.2) is 0 Å². The Morgan fingerprint density at radius 1 is 1.05 bits per heavy atom. The van der Waals surface area contributed by atoms with Gasteiger partial charge >= 0.3 is 6.16 Å². The smallest absolute Gasteiger partial charge is 0.434 e. The highest BCUT2D eigenvalue weighted by Gasteiger charge is 2.16. The summed E-state index contributed by atoms with van der Waals surface area (Å²) in [5, 5.41) is 0. The maximum atomic E-state index is 11.4. The number of hydrogen-bond donors (Lipinski definition) is 0. The summed E-state index contributed by atoms with van der Waals surface area (Å²) < 4.78 is 10.3. The zero-order valence-electron chi connectivity index (χ0n) is 13.5. The summed E-state index contributed by atoms with van der Waals surface area (Å²) in [6, 6.07) is 0. The standard InChI is InChI=1S/C16H32O3/c1-6-7-8-9-10-11-12-14(2)19-15(17)18-13-16(3,4)5/h14H,6-13H2,1-5H3. The van der Waals surface area contributed by atoms with E-state index in [2.05, 4.69) is 6.92 Å². The molecule has 114 valence electrons. The summed E-state index contributed by atoms with van der Waals surface area (Å²) in [5.41, 5.74) is -0.0124. The lowest BCUT2D eigenvalue weighted by Gasteiger charge is -2.19. The van der Waals surface area contributed by atoms with Crippen molar-refractivity contribution in [3.05, 3.63) is 0 Å². The summed E-state index contributed by atoms with van der Waals surface area (Å²) in [5.74, 6) is 0. The van der Waals surface area contributed by atoms with Gasteiger partial charge < -0.3 is 9.47 Å². The molecule has 0 N–H and O–H groups in total. The zero-order chi connectivity index (χ0) is 14.7. The quantitative estimate of drug-likeness (QED) is 0.420. The highest BCUT2D eigenvalue weighted by molar-refractivity contribution is 5.60. The van der Waals surface area contributed by atoms with Gasteiger partial charge in [0.15, 0.2) is 0 Å². The first kappa shape index (κ1) is 18.3. The molecule has 0 aromatic heterocycles. The molecule has 0 saturated heterocycles. The van der Waals surface area contributed by atoms with Crippen molar-refractivity contribution in [3.8, 4) is 0 Å². The molecule has 0 aromatic rings. The van der Waals surface area contributed by atoms with E-state index in [4.69, 9.17) is 9.47 Å². The van der Waals surface area contributed by atoms with Gasteiger partial charge in [-0.3, -0.25) is 0 Å². The molecule has 3 heteroatoms. The van der Waals surface area contributed by atoms with Crippen molar-refractivity contribution in [1.82, 2.24) is 0 Å². The van der Waals surface area contributed by atoms with E-state index in [1.54, 1.807) is 0 Å². The van der Waals surface area contributed by atoms with Crippen LogP contribution in [0.4, 0.5) is 4.79 Å². The number of rotatable bonds is 9. The van der Waals surface area contributed by atoms with Crippen molar-refractivity contribution >= 4 is 6.16 Å². The van der Waals surface area contributed by atoms with Crippen molar-refractivity contribution in [3.63, 3.8) is 0 Å². The van der Waals surface area contributed by atoms with Gasteiger partial charge in [-0.1, -0.05) is 59.8 Å². The van der Waals surface area contributed by atoms with E-state index >= 15 is 0 Å². The van der Waals surface area contributed by atoms with Crippen molar-refractivity contribution in [2.24, 2.45) is 5.41 Å². The van der Waals surface area contributed by atoms with E-state index in [1.165, 1.54) is 32.1 Å². The molecule has 0 bridgehead atoms. The summed E-state index contributed by atoms with van der Waals surface area (Å²) in [4.78, 5) is 11.4. The van der Waals surface area contributed by atoms with Gasteiger partial charge in [-0.25, -0.2) is 4.79 Å². The fourth-order valence-corrected chi connectivity index (χ4v) is 1.74. The minimum atomic E-state index is -0.534. The number of unbranched alkanes of at least 4 members (excludes halogenated alkanes) is 5. The molecule has 0 heterocycles. The topological polar surface area (TPSA) is 35.5 Å². The predicted molar refractivity (Wildman–Crippen MR) is 79.3 cm³/mol. The van der Waals surface area contributed by atoms with Gasteiger partial charge in [-0.15, -0.1) is 0 Å². The average Bonchev–Trinajstić information content (AvgIpc) is 2.30. The zero-order valence-corrected chi connectivity index (χ0v) is 13.5. The SMILES string of the molecule is CCCCCCCCC(C)OC(=O)OCC(C)(C)C. The Morgan fingerprint density at radius 2 is 1.63 bits per heavy atom. The molecule has 0 aliphatic heterocycles. The Kier molecular flexibility index (Phi) is 9.72. The Hall–Kier alpha value is -0.730. The summed E-state index contributed by atoms with van der Waals surface area (Å²) in [6.45, 7) is 10.6. The van der Waals surface area contributed by atoms with E-state index in [-0.39, 0.29) is 11.5 Å². The molecule has 0 rings (SSSR count). The molecule has 1 unspecified atom stereocenters. The lowest BCUT2D eigenvalue weighted by Crippen LogP contribution is -2.22. The second-order valence-corrected chi connectivity index (χ2v) is 6.58. The van der Waals surface area contributed by atoms with Crippen LogP contribution in [-0.4, -0.2) is 18.9 Å². The van der Waals surface area contributed by atoms with Crippen molar-refractivity contribution in [1.29, 1.82) is 0 Å². The van der Waals surface area contributed by atoms with Crippen LogP contribution in [0.2, 0.25) is 0 Å². The molecule has 0 aliphatic carbocycles. The van der Waals surface area contributed by atoms with E-state index < -0.39 is 6.16 Å². The van der Waals surface area contributed by atoms with Crippen LogP contribution >= 0.6 is 0 Å². The lowest BCUT2D eigenvalue weighted by molar-refractivity contribution is 0.00929. The van der Waals surface area contributed by atoms with Gasteiger partial charge in [0.05, 0.1) is 6.61 Å². The Labute approximate surface area is 119 Å². The highest BCUT2D eigenvalue weighted by atomic mass is 16.7. The number of carbonyl (C=O) groups is 1. The number of ether oxygens (including phenoxy) is 2. The molecular formula is C16H32O3. The van der Waals surface area contributed by atoms with Crippen molar-refractivity contribution in [2.75, 3.05) is 6.61 Å². The first-order valence-corrected chi connectivity index (χ1v) is 7.68. The average molecular weight is 272 g/mol. The number of hydrogen-bond acceptors (Lipinski definition) is 3. The maximum absolute atomic E-state index is 11.4. The minimum absolute atomic E-state index is 0.0124. The molecule has 0 amide bonds. The second kappa shape index (κ2) is 10.1. The third-order valence-electron chi connectivity index (χ3n) is 2.88. The van der Waals surface area contributed by atoms with E-state index in [0.717, 1.165) is 12.8 Å². The van der Waals surface area contributed by atoms with Crippen LogP contribution in [0, 0.1) is 5.41 Å². The Balaban J connectivity index is 3.52. The first-order chi connectivity index (χ1) is 8.85. The Bertz CT molecular complexity index is 231. The molecule has 0 radical (unpaired) electrons. The van der Waals surface area contributed by atoms with Crippen LogP contribution in [0.1, 0.15) is 79.6 Å². The van der Waals surface area contributed by atoms with Gasteiger partial charge in [0.1, 0.15) is 6.10 Å². The van der Waals surface area contributed by atoms with Crippen molar-refractivity contribution in [2.45, 2.75) is 85.7 Å². The fourth-order valence-electron chi connectivity index (χ4n) is 1.74. The van der Waals surface area contributed by atoms with Gasteiger partial charge in [-0.05, 0) is 25.2 Å². The van der Waals surface area contributed by atoms with E-state index in [9.17, 15) is 4.79 Å². The van der Waals surface area contributed by atoms with Crippen LogP contribution in [-0.2, 0) is 9.47 Å². The largest absolute Gasteiger partial charge is 0.508 e. The molecule has 0 fully saturated rings. The molecular weight excluding hydrogens is 240 g/mol. The van der Waals surface area contributed by atoms with E-state index in [0.29, 0.717) is 6.61 Å². The summed E-state index contributed by atoms with van der Waals surface area (Å²) in [7, 11) is 0. The van der Waals surface area contributed by atoms with Gasteiger partial charge in [-0.2, -0.15) is 0 Å². The van der Waals surface area contributed by atoms with Crippen LogP contribution in [0.5, 0.6) is 0 Å². The minimum Gasteiger partial charge on any atom is -0.434 e. The van der Waals surface area contributed by atoms with Crippen LogP contribution in [0.25, 0.3) is 0 Å². The van der Waals surface area contributed by atoms with Crippen molar-refractivity contribution < 1.29 is 14.3 Å². The summed E-state index contributed by atoms with van der Waals surface area (Å²) in [6.07, 6.45) is 7.91. The van der Waals surface area contributed by atoms with Gasteiger partial charge in [0.2, 0.25) is 0 Å².